The molecule has 5 heteroatoms. The first kappa shape index (κ1) is 12.7. The van der Waals surface area contributed by atoms with Gasteiger partial charge in [-0.15, -0.1) is 0 Å². The largest absolute Gasteiger partial charge is 0.345 e. The van der Waals surface area contributed by atoms with Crippen molar-refractivity contribution in [3.63, 3.8) is 0 Å². The fourth-order valence-corrected chi connectivity index (χ4v) is 3.82. The highest BCUT2D eigenvalue weighted by molar-refractivity contribution is 7.99. The van der Waals surface area contributed by atoms with Gasteiger partial charge in [0, 0.05) is 24.3 Å². The molecule has 2 fully saturated rings. The first-order valence-corrected chi connectivity index (χ1v) is 7.55. The van der Waals surface area contributed by atoms with Crippen molar-refractivity contribution in [1.29, 1.82) is 0 Å². The van der Waals surface area contributed by atoms with Crippen molar-refractivity contribution in [3.05, 3.63) is 0 Å². The van der Waals surface area contributed by atoms with Crippen LogP contribution in [0.1, 0.15) is 32.6 Å². The number of carbonyl (C=O) groups is 2. The molecule has 3 atom stereocenters. The summed E-state index contributed by atoms with van der Waals surface area (Å²) in [6.45, 7) is 2.36. The Morgan fingerprint density at radius 2 is 2.12 bits per heavy atom. The van der Waals surface area contributed by atoms with Crippen molar-refractivity contribution in [3.8, 4) is 0 Å². The first-order valence-electron chi connectivity index (χ1n) is 6.26. The maximum Gasteiger partial charge on any atom is 0.245 e. The predicted molar refractivity (Wildman–Crippen MR) is 68.9 cm³/mol. The molecule has 1 heterocycles. The summed E-state index contributed by atoms with van der Waals surface area (Å²) >= 11 is 1.85. The quantitative estimate of drug-likeness (QED) is 0.802. The molecule has 1 aliphatic carbocycles. The van der Waals surface area contributed by atoms with Crippen molar-refractivity contribution in [2.75, 3.05) is 12.8 Å². The molecule has 2 rings (SSSR count). The molecular formula is C12H20N2O2S. The summed E-state index contributed by atoms with van der Waals surface area (Å²) in [7, 11) is 0. The minimum absolute atomic E-state index is 0.00736. The summed E-state index contributed by atoms with van der Waals surface area (Å²) in [5, 5.41) is 3.28. The lowest BCUT2D eigenvalue weighted by molar-refractivity contribution is -0.134. The molecule has 0 aromatic rings. The second-order valence-corrected chi connectivity index (χ2v) is 5.92. The van der Waals surface area contributed by atoms with Crippen LogP contribution in [0.4, 0.5) is 0 Å². The average Bonchev–Trinajstić information content (AvgIpc) is 2.72. The van der Waals surface area contributed by atoms with Crippen LogP contribution in [0.25, 0.3) is 0 Å². The van der Waals surface area contributed by atoms with Crippen LogP contribution in [0.3, 0.4) is 0 Å². The molecule has 96 valence electrons. The maximum absolute atomic E-state index is 12.2. The Hall–Kier alpha value is -0.710. The predicted octanol–water partition coefficient (Wildman–Crippen LogP) is 1.01. The van der Waals surface area contributed by atoms with Gasteiger partial charge in [-0.05, 0) is 26.0 Å². The summed E-state index contributed by atoms with van der Waals surface area (Å²) < 4.78 is 0. The minimum atomic E-state index is -0.367. The van der Waals surface area contributed by atoms with Gasteiger partial charge in [-0.25, -0.2) is 0 Å². The van der Waals surface area contributed by atoms with E-state index in [1.54, 1.807) is 6.92 Å². The van der Waals surface area contributed by atoms with Gasteiger partial charge in [0.2, 0.25) is 11.8 Å². The lowest BCUT2D eigenvalue weighted by Gasteiger charge is -2.32. The molecule has 3 unspecified atom stereocenters. The minimum Gasteiger partial charge on any atom is -0.345 e. The van der Waals surface area contributed by atoms with Crippen LogP contribution in [-0.4, -0.2) is 46.8 Å². The smallest absolute Gasteiger partial charge is 0.245 e. The molecule has 1 aliphatic heterocycles. The van der Waals surface area contributed by atoms with Crippen molar-refractivity contribution in [2.45, 2.75) is 49.9 Å². The lowest BCUT2D eigenvalue weighted by Crippen LogP contribution is -2.49. The van der Waals surface area contributed by atoms with Crippen LogP contribution in [0, 0.1) is 0 Å². The molecule has 0 spiro atoms. The fourth-order valence-electron chi connectivity index (χ4n) is 2.82. The van der Waals surface area contributed by atoms with Crippen molar-refractivity contribution in [1.82, 2.24) is 10.2 Å². The van der Waals surface area contributed by atoms with Gasteiger partial charge in [-0.2, -0.15) is 11.8 Å². The third-order valence-electron chi connectivity index (χ3n) is 3.73. The van der Waals surface area contributed by atoms with Crippen molar-refractivity contribution >= 4 is 23.6 Å². The Balaban J connectivity index is 2.12. The molecule has 1 saturated carbocycles. The van der Waals surface area contributed by atoms with Gasteiger partial charge in [-0.1, -0.05) is 6.42 Å². The van der Waals surface area contributed by atoms with E-state index in [4.69, 9.17) is 0 Å². The molecule has 0 aromatic heterocycles. The molecule has 0 radical (unpaired) electrons. The van der Waals surface area contributed by atoms with Gasteiger partial charge in [0.1, 0.15) is 6.04 Å². The highest BCUT2D eigenvalue weighted by Crippen LogP contribution is 2.32. The number of nitrogens with zero attached hydrogens (tertiary/aromatic N) is 1. The zero-order valence-corrected chi connectivity index (χ0v) is 11.3. The monoisotopic (exact) mass is 256 g/mol. The van der Waals surface area contributed by atoms with Crippen LogP contribution in [-0.2, 0) is 9.59 Å². The van der Waals surface area contributed by atoms with Crippen LogP contribution in [0.5, 0.6) is 0 Å². The van der Waals surface area contributed by atoms with E-state index in [0.29, 0.717) is 24.3 Å². The first-order chi connectivity index (χ1) is 8.13. The molecule has 4 nitrogen and oxygen atoms in total. The third-order valence-corrected chi connectivity index (χ3v) is 4.89. The summed E-state index contributed by atoms with van der Waals surface area (Å²) in [5.41, 5.74) is 0. The molecule has 0 aromatic carbocycles. The molecule has 2 amide bonds. The Morgan fingerprint density at radius 1 is 1.35 bits per heavy atom. The number of rotatable bonds is 2. The number of hydrogen-bond donors (Lipinski definition) is 1. The summed E-state index contributed by atoms with van der Waals surface area (Å²) in [6, 6.07) is -0.0410. The lowest BCUT2D eigenvalue weighted by atomic mass is 10.1. The third kappa shape index (κ3) is 2.59. The number of carbonyl (C=O) groups excluding carboxylic acids is 2. The number of nitrogens with one attached hydrogen (secondary N) is 1. The molecule has 17 heavy (non-hydrogen) atoms. The maximum atomic E-state index is 12.2. The zero-order valence-electron chi connectivity index (χ0n) is 10.4. The molecule has 2 aliphatic rings. The van der Waals surface area contributed by atoms with Crippen molar-refractivity contribution < 1.29 is 9.59 Å². The van der Waals surface area contributed by atoms with E-state index in [0.717, 1.165) is 6.42 Å². The molecule has 0 bridgehead atoms. The zero-order chi connectivity index (χ0) is 12.4. The van der Waals surface area contributed by atoms with E-state index in [2.05, 4.69) is 11.6 Å². The number of thioether (sulfide) groups is 1. The summed E-state index contributed by atoms with van der Waals surface area (Å²) in [4.78, 5) is 25.6. The number of amides is 2. The van der Waals surface area contributed by atoms with E-state index in [9.17, 15) is 9.59 Å². The highest BCUT2D eigenvalue weighted by atomic mass is 32.2. The van der Waals surface area contributed by atoms with E-state index in [1.807, 2.05) is 16.7 Å². The Morgan fingerprint density at radius 3 is 2.82 bits per heavy atom. The van der Waals surface area contributed by atoms with Crippen LogP contribution in [0.15, 0.2) is 0 Å². The summed E-state index contributed by atoms with van der Waals surface area (Å²) in [5.74, 6) is 0.0776. The molecule has 1 N–H and O–H groups in total. The Bertz CT molecular complexity index is 322. The van der Waals surface area contributed by atoms with Crippen LogP contribution in [0.2, 0.25) is 0 Å². The van der Waals surface area contributed by atoms with Gasteiger partial charge >= 0.3 is 0 Å². The summed E-state index contributed by atoms with van der Waals surface area (Å²) in [6.07, 6.45) is 6.00. The molecule has 1 saturated heterocycles. The van der Waals surface area contributed by atoms with Gasteiger partial charge in [0.15, 0.2) is 0 Å². The fraction of sp³-hybridized carbons (Fsp3) is 0.833. The SMILES string of the molecule is CSC1CCCC1N1CCC(=O)NC(C)C1=O. The normalized spacial score (nSPS) is 34.7. The van der Waals surface area contributed by atoms with E-state index < -0.39 is 0 Å². The van der Waals surface area contributed by atoms with Gasteiger partial charge in [0.05, 0.1) is 0 Å². The standard InChI is InChI=1S/C12H20N2O2S/c1-8-12(16)14(7-6-11(15)13-8)9-4-3-5-10(9)17-2/h8-10H,3-7H2,1-2H3,(H,13,15). The molecular weight excluding hydrogens is 236 g/mol. The van der Waals surface area contributed by atoms with Crippen LogP contribution < -0.4 is 5.32 Å². The highest BCUT2D eigenvalue weighted by Gasteiger charge is 2.37. The second-order valence-electron chi connectivity index (χ2n) is 4.84. The van der Waals surface area contributed by atoms with Crippen LogP contribution >= 0.6 is 11.8 Å². The van der Waals surface area contributed by atoms with E-state index >= 15 is 0 Å². The average molecular weight is 256 g/mol. The Labute approximate surface area is 106 Å². The topological polar surface area (TPSA) is 49.4 Å². The number of hydrogen-bond acceptors (Lipinski definition) is 3. The van der Waals surface area contributed by atoms with E-state index in [-0.39, 0.29) is 17.9 Å². The van der Waals surface area contributed by atoms with Gasteiger partial charge in [0.25, 0.3) is 0 Å². The van der Waals surface area contributed by atoms with Gasteiger partial charge in [-0.3, -0.25) is 9.59 Å². The second kappa shape index (κ2) is 5.29. The van der Waals surface area contributed by atoms with Gasteiger partial charge < -0.3 is 10.2 Å². The Kier molecular flexibility index (Phi) is 3.97. The van der Waals surface area contributed by atoms with E-state index in [1.165, 1.54) is 12.8 Å². The van der Waals surface area contributed by atoms with Crippen molar-refractivity contribution in [2.24, 2.45) is 0 Å².